The van der Waals surface area contributed by atoms with Crippen molar-refractivity contribution in [3.8, 4) is 0 Å². The van der Waals surface area contributed by atoms with Gasteiger partial charge >= 0.3 is 82.8 Å². The van der Waals surface area contributed by atoms with Crippen molar-refractivity contribution in [2.45, 2.75) is 48.8 Å². The minimum absolute atomic E-state index is 0. The zero-order valence-electron chi connectivity index (χ0n) is 22.3. The number of aliphatic hydroxyl groups excluding tert-OH is 2. The SMILES string of the molecule is F.O=C(O)C(O)C(O)C(=O)O.O=P(O)(O)OC1C(OP(=O)(O)O)C(OP(=O)(O)O)C(OP(=O)(O)O)C(OP(=O)(O)O)C1OP(=O)(O)O.[SnH2]. The van der Waals surface area contributed by atoms with Gasteiger partial charge in [0.2, 0.25) is 0 Å². The first kappa shape index (κ1) is 52.6. The Morgan fingerprint density at radius 1 is 0.396 bits per heavy atom. The number of phosphoric acid groups is 6. The van der Waals surface area contributed by atoms with Crippen molar-refractivity contribution >= 4 is 82.8 Å². The second-order valence-electron chi connectivity index (χ2n) is 7.93. The quantitative estimate of drug-likeness (QED) is 0.0537. The second kappa shape index (κ2) is 19.4. The Morgan fingerprint density at radius 3 is 0.562 bits per heavy atom. The molecule has 0 aromatic carbocycles. The number of phosphoric ester groups is 6. The molecule has 2 unspecified atom stereocenters. The van der Waals surface area contributed by atoms with E-state index in [9.17, 15) is 37.0 Å². The first-order valence-corrected chi connectivity index (χ1v) is 19.5. The Hall–Kier alpha value is 0.249. The van der Waals surface area contributed by atoms with Crippen molar-refractivity contribution in [3.05, 3.63) is 0 Å². The topological polar surface area (TPSA) is 516 Å². The maximum atomic E-state index is 11.4. The number of rotatable bonds is 15. The van der Waals surface area contributed by atoms with Crippen LogP contribution in [0.3, 0.4) is 0 Å². The van der Waals surface area contributed by atoms with Crippen LogP contribution >= 0.6 is 46.9 Å². The standard InChI is InChI=1S/C6H18O24P6.C4H6O6.FH.Sn.2H/c7-31(8,9)25-1-2(26-32(10,11)12)4(28-34(16,17)18)6(30-36(22,23)24)5(29-35(19,20)21)3(1)27-33(13,14)15;5-1(3(7)8)2(6)4(9)10;;;;/h1-6H,(H2,7,8,9)(H2,10,11,12)(H2,13,14,15)(H2,16,17,18)(H2,19,20,21)(H2,22,23,24);1-2,5-6H,(H,7,8)(H,9,10);1H;;;. The fraction of sp³-hybridized carbons (Fsp3) is 0.800. The summed E-state index contributed by atoms with van der Waals surface area (Å²) in [5.74, 6) is -3.54. The first-order chi connectivity index (χ1) is 20.0. The molecule has 0 aromatic heterocycles. The van der Waals surface area contributed by atoms with Crippen molar-refractivity contribution in [2.24, 2.45) is 0 Å². The molecular weight excluding hydrogens is 924 g/mol. The zero-order valence-corrected chi connectivity index (χ0v) is 31.7. The van der Waals surface area contributed by atoms with E-state index < -0.39 is 108 Å². The molecule has 1 rings (SSSR count). The third-order valence-corrected chi connectivity index (χ3v) is 7.41. The summed E-state index contributed by atoms with van der Waals surface area (Å²) >= 11 is 0. The van der Waals surface area contributed by atoms with Crippen LogP contribution in [0.5, 0.6) is 0 Å². The molecule has 1 aliphatic carbocycles. The summed E-state index contributed by atoms with van der Waals surface area (Å²) in [6, 6.07) is 0. The second-order valence-corrected chi connectivity index (χ2v) is 15.1. The van der Waals surface area contributed by atoms with Crippen molar-refractivity contribution < 1.29 is 148 Å². The minimum atomic E-state index is -6.02. The number of halogens is 1. The summed E-state index contributed by atoms with van der Waals surface area (Å²) < 4.78 is 93.1. The Labute approximate surface area is 279 Å². The average Bonchev–Trinajstić information content (AvgIpc) is 2.75. The van der Waals surface area contributed by atoms with Crippen LogP contribution in [-0.2, 0) is 64.1 Å². The van der Waals surface area contributed by atoms with Crippen molar-refractivity contribution in [1.29, 1.82) is 0 Å². The van der Waals surface area contributed by atoms with Gasteiger partial charge in [-0.3, -0.25) is 31.8 Å². The number of carboxylic acids is 2. The van der Waals surface area contributed by atoms with E-state index in [1.54, 1.807) is 0 Å². The summed E-state index contributed by atoms with van der Waals surface area (Å²) in [7, 11) is -36.1. The molecule has 0 amide bonds. The molecule has 288 valence electrons. The van der Waals surface area contributed by atoms with Gasteiger partial charge < -0.3 is 79.1 Å². The van der Waals surface area contributed by atoms with Gasteiger partial charge in [-0.2, -0.15) is 0 Å². The Bertz CT molecular complexity index is 1110. The van der Waals surface area contributed by atoms with E-state index in [2.05, 4.69) is 27.1 Å². The van der Waals surface area contributed by atoms with Gasteiger partial charge in [0.1, 0.15) is 36.6 Å². The van der Waals surface area contributed by atoms with Gasteiger partial charge in [0.05, 0.1) is 0 Å². The number of hydrogen-bond donors (Lipinski definition) is 16. The summed E-state index contributed by atoms with van der Waals surface area (Å²) in [5, 5.41) is 32.5. The van der Waals surface area contributed by atoms with Gasteiger partial charge in [0.25, 0.3) is 0 Å². The third-order valence-electron chi connectivity index (χ3n) is 4.30. The molecule has 30 nitrogen and oxygen atoms in total. The van der Waals surface area contributed by atoms with Crippen LogP contribution in [0.2, 0.25) is 0 Å². The monoisotopic (exact) mass is 952 g/mol. The van der Waals surface area contributed by atoms with Gasteiger partial charge in [0, 0.05) is 0 Å². The summed E-state index contributed by atoms with van der Waals surface area (Å²) in [6.07, 6.45) is -23.4. The molecule has 0 aliphatic heterocycles. The van der Waals surface area contributed by atoms with Crippen molar-refractivity contribution in [3.63, 3.8) is 0 Å². The predicted molar refractivity (Wildman–Crippen MR) is 140 cm³/mol. The van der Waals surface area contributed by atoms with E-state index in [4.69, 9.17) is 79.1 Å². The van der Waals surface area contributed by atoms with E-state index in [1.165, 1.54) is 0 Å². The summed E-state index contributed by atoms with van der Waals surface area (Å²) in [6.45, 7) is 0. The Balaban J connectivity index is -0.00000146. The van der Waals surface area contributed by atoms with Crippen LogP contribution in [0, 0.1) is 0 Å². The molecule has 2 radical (unpaired) electrons. The summed E-state index contributed by atoms with van der Waals surface area (Å²) in [4.78, 5) is 129. The van der Waals surface area contributed by atoms with Crippen LogP contribution < -0.4 is 0 Å². The van der Waals surface area contributed by atoms with Crippen LogP contribution in [0.4, 0.5) is 4.70 Å². The molecule has 2 atom stereocenters. The van der Waals surface area contributed by atoms with Gasteiger partial charge in [-0.05, 0) is 0 Å². The fourth-order valence-corrected chi connectivity index (χ4v) is 6.41. The predicted octanol–water partition coefficient (Wildman–Crippen LogP) is -6.02. The van der Waals surface area contributed by atoms with Gasteiger partial charge in [-0.1, -0.05) is 0 Å². The molecular formula is C10H27FO30P6Sn. The zero-order chi connectivity index (χ0) is 37.0. The molecule has 16 N–H and O–H groups in total. The van der Waals surface area contributed by atoms with Gasteiger partial charge in [0.15, 0.2) is 12.2 Å². The van der Waals surface area contributed by atoms with Crippen LogP contribution in [0.25, 0.3) is 0 Å². The number of aliphatic carboxylic acids is 2. The van der Waals surface area contributed by atoms with E-state index in [0.29, 0.717) is 0 Å². The Kier molecular flexibility index (Phi) is 21.2. The molecule has 0 saturated heterocycles. The van der Waals surface area contributed by atoms with E-state index in [1.807, 2.05) is 0 Å². The molecule has 1 saturated carbocycles. The third kappa shape index (κ3) is 21.6. The van der Waals surface area contributed by atoms with Crippen molar-refractivity contribution in [1.82, 2.24) is 0 Å². The van der Waals surface area contributed by atoms with E-state index in [-0.39, 0.29) is 28.6 Å². The van der Waals surface area contributed by atoms with E-state index in [0.717, 1.165) is 0 Å². The van der Waals surface area contributed by atoms with Crippen LogP contribution in [0.15, 0.2) is 0 Å². The molecule has 1 fully saturated rings. The number of carboxylic acid groups (broad SMARTS) is 2. The van der Waals surface area contributed by atoms with Crippen molar-refractivity contribution in [2.75, 3.05) is 0 Å². The van der Waals surface area contributed by atoms with Gasteiger partial charge in [-0.25, -0.2) is 37.0 Å². The molecule has 0 aromatic rings. The Morgan fingerprint density at radius 2 is 0.500 bits per heavy atom. The van der Waals surface area contributed by atoms with Gasteiger partial charge in [-0.15, -0.1) is 0 Å². The molecule has 0 bridgehead atoms. The first-order valence-electron chi connectivity index (χ1n) is 10.3. The fourth-order valence-electron chi connectivity index (χ4n) is 3.06. The van der Waals surface area contributed by atoms with E-state index >= 15 is 0 Å². The molecule has 1 aliphatic rings. The molecule has 48 heavy (non-hydrogen) atoms. The average molecular weight is 951 g/mol. The normalized spacial score (nSPS) is 25.3. The molecule has 38 heteroatoms. The molecule has 0 heterocycles. The maximum absolute atomic E-state index is 11.4. The molecule has 0 spiro atoms. The number of carbonyl (C=O) groups is 2. The van der Waals surface area contributed by atoms with Crippen LogP contribution in [-0.4, -0.2) is 164 Å². The number of aliphatic hydroxyl groups is 2. The number of hydrogen-bond acceptors (Lipinski definition) is 16. The summed E-state index contributed by atoms with van der Waals surface area (Å²) in [5.41, 5.74) is 0. The van der Waals surface area contributed by atoms with Crippen LogP contribution in [0.1, 0.15) is 0 Å².